The summed E-state index contributed by atoms with van der Waals surface area (Å²) in [6, 6.07) is 7.50. The Morgan fingerprint density at radius 3 is 2.53 bits per heavy atom. The smallest absolute Gasteiger partial charge is 0.225 e. The lowest BCUT2D eigenvalue weighted by atomic mass is 9.93. The maximum Gasteiger partial charge on any atom is 0.225 e. The van der Waals surface area contributed by atoms with Crippen molar-refractivity contribution in [1.29, 1.82) is 0 Å². The molecule has 2 aliphatic heterocycles. The molecule has 7 heteroatoms. The van der Waals surface area contributed by atoms with E-state index in [0.717, 1.165) is 61.5 Å². The molecule has 2 atom stereocenters. The van der Waals surface area contributed by atoms with Crippen LogP contribution in [0.5, 0.6) is 5.88 Å². The van der Waals surface area contributed by atoms with Crippen LogP contribution in [-0.2, 0) is 4.74 Å². The largest absolute Gasteiger partial charge is 0.474 e. The topological polar surface area (TPSA) is 65.3 Å². The van der Waals surface area contributed by atoms with Gasteiger partial charge in [-0.1, -0.05) is 0 Å². The third kappa shape index (κ3) is 3.21. The Hall–Kier alpha value is -2.67. The maximum atomic E-state index is 6.52. The highest BCUT2D eigenvalue weighted by molar-refractivity contribution is 5.86. The molecule has 7 nitrogen and oxygen atoms in total. The van der Waals surface area contributed by atoms with Crippen LogP contribution in [0.2, 0.25) is 0 Å². The van der Waals surface area contributed by atoms with Crippen molar-refractivity contribution in [3.8, 4) is 5.88 Å². The first-order valence-electron chi connectivity index (χ1n) is 11.1. The zero-order valence-electron chi connectivity index (χ0n) is 17.1. The molecular formula is C23H27N5O2. The van der Waals surface area contributed by atoms with Crippen molar-refractivity contribution in [2.45, 2.75) is 62.8 Å². The molecule has 156 valence electrons. The van der Waals surface area contributed by atoms with Crippen molar-refractivity contribution in [2.75, 3.05) is 18.1 Å². The first-order valence-corrected chi connectivity index (χ1v) is 11.1. The molecule has 3 aliphatic rings. The van der Waals surface area contributed by atoms with Crippen LogP contribution in [0.15, 0.2) is 43.1 Å². The SMILES string of the molecule is c1cnc2cc(N3C4CCC3COC4)nc(O[C@H]3CC[C@@H](n4ccnc4)CC3)c2c1. The number of hydrogen-bond donors (Lipinski definition) is 0. The van der Waals surface area contributed by atoms with Gasteiger partial charge in [-0.15, -0.1) is 0 Å². The monoisotopic (exact) mass is 405 g/mol. The number of fused-ring (bicyclic) bond motifs is 3. The van der Waals surface area contributed by atoms with E-state index in [4.69, 9.17) is 14.5 Å². The third-order valence-corrected chi connectivity index (χ3v) is 6.92. The molecule has 1 aliphatic carbocycles. The van der Waals surface area contributed by atoms with Crippen molar-refractivity contribution < 1.29 is 9.47 Å². The fourth-order valence-electron chi connectivity index (χ4n) is 5.36. The molecule has 1 saturated carbocycles. The van der Waals surface area contributed by atoms with E-state index >= 15 is 0 Å². The zero-order chi connectivity index (χ0) is 19.9. The minimum Gasteiger partial charge on any atom is -0.474 e. The summed E-state index contributed by atoms with van der Waals surface area (Å²) in [7, 11) is 0. The lowest BCUT2D eigenvalue weighted by Gasteiger charge is -2.36. The lowest BCUT2D eigenvalue weighted by Crippen LogP contribution is -2.46. The van der Waals surface area contributed by atoms with Crippen molar-refractivity contribution in [1.82, 2.24) is 19.5 Å². The Bertz CT molecular complexity index is 1000. The Balaban J connectivity index is 1.26. The summed E-state index contributed by atoms with van der Waals surface area (Å²) in [5.41, 5.74) is 0.954. The van der Waals surface area contributed by atoms with E-state index in [1.807, 2.05) is 24.8 Å². The molecule has 0 N–H and O–H groups in total. The van der Waals surface area contributed by atoms with Crippen LogP contribution in [0.25, 0.3) is 10.9 Å². The summed E-state index contributed by atoms with van der Waals surface area (Å²) < 4.78 is 14.5. The van der Waals surface area contributed by atoms with Crippen LogP contribution in [-0.4, -0.2) is 50.9 Å². The second-order valence-electron chi connectivity index (χ2n) is 8.74. The molecule has 2 unspecified atom stereocenters. The minimum atomic E-state index is 0.192. The summed E-state index contributed by atoms with van der Waals surface area (Å²) in [5, 5.41) is 0.999. The fraction of sp³-hybridized carbons (Fsp3) is 0.522. The van der Waals surface area contributed by atoms with Gasteiger partial charge in [-0.25, -0.2) is 4.98 Å². The Morgan fingerprint density at radius 2 is 1.77 bits per heavy atom. The normalized spacial score (nSPS) is 28.7. The van der Waals surface area contributed by atoms with Gasteiger partial charge in [-0.05, 0) is 50.7 Å². The van der Waals surface area contributed by atoms with Gasteiger partial charge >= 0.3 is 0 Å². The molecule has 3 fully saturated rings. The fourth-order valence-corrected chi connectivity index (χ4v) is 5.36. The number of hydrogen-bond acceptors (Lipinski definition) is 6. The predicted octanol–water partition coefficient (Wildman–Crippen LogP) is 3.76. The highest BCUT2D eigenvalue weighted by Gasteiger charge is 2.38. The maximum absolute atomic E-state index is 6.52. The van der Waals surface area contributed by atoms with E-state index in [2.05, 4.69) is 37.8 Å². The first-order chi connectivity index (χ1) is 14.8. The number of imidazole rings is 1. The molecule has 5 heterocycles. The Labute approximate surface area is 176 Å². The number of morpholine rings is 1. The van der Waals surface area contributed by atoms with Gasteiger partial charge in [0.25, 0.3) is 0 Å². The molecule has 3 aromatic rings. The molecular weight excluding hydrogens is 378 g/mol. The molecule has 2 bridgehead atoms. The second-order valence-corrected chi connectivity index (χ2v) is 8.74. The number of nitrogens with zero attached hydrogens (tertiary/aromatic N) is 5. The van der Waals surface area contributed by atoms with Gasteiger partial charge in [0.2, 0.25) is 5.88 Å². The van der Waals surface area contributed by atoms with Gasteiger partial charge in [0, 0.05) is 30.7 Å². The van der Waals surface area contributed by atoms with Crippen LogP contribution in [0.3, 0.4) is 0 Å². The Morgan fingerprint density at radius 1 is 0.967 bits per heavy atom. The number of pyridine rings is 2. The van der Waals surface area contributed by atoms with Crippen molar-refractivity contribution >= 4 is 16.7 Å². The predicted molar refractivity (Wildman–Crippen MR) is 114 cm³/mol. The van der Waals surface area contributed by atoms with E-state index in [0.29, 0.717) is 18.1 Å². The molecule has 3 aromatic heterocycles. The average molecular weight is 406 g/mol. The van der Waals surface area contributed by atoms with Crippen molar-refractivity contribution in [2.24, 2.45) is 0 Å². The van der Waals surface area contributed by atoms with E-state index in [1.54, 1.807) is 0 Å². The summed E-state index contributed by atoms with van der Waals surface area (Å²) >= 11 is 0. The van der Waals surface area contributed by atoms with Gasteiger partial charge in [-0.3, -0.25) is 4.98 Å². The van der Waals surface area contributed by atoms with Crippen molar-refractivity contribution in [3.63, 3.8) is 0 Å². The molecule has 0 aromatic carbocycles. The molecule has 0 spiro atoms. The van der Waals surface area contributed by atoms with Crippen LogP contribution >= 0.6 is 0 Å². The zero-order valence-corrected chi connectivity index (χ0v) is 17.1. The summed E-state index contributed by atoms with van der Waals surface area (Å²) in [6.07, 6.45) is 14.5. The summed E-state index contributed by atoms with van der Waals surface area (Å²) in [4.78, 5) is 16.3. The summed E-state index contributed by atoms with van der Waals surface area (Å²) in [5.74, 6) is 1.71. The lowest BCUT2D eigenvalue weighted by molar-refractivity contribution is 0.0899. The quantitative estimate of drug-likeness (QED) is 0.659. The molecule has 0 radical (unpaired) electrons. The van der Waals surface area contributed by atoms with Crippen molar-refractivity contribution in [3.05, 3.63) is 43.1 Å². The van der Waals surface area contributed by atoms with Crippen LogP contribution in [0.1, 0.15) is 44.6 Å². The number of aromatic nitrogens is 4. The molecule has 2 saturated heterocycles. The number of anilines is 1. The number of ether oxygens (including phenoxy) is 2. The van der Waals surface area contributed by atoms with Crippen LogP contribution < -0.4 is 9.64 Å². The molecule has 30 heavy (non-hydrogen) atoms. The van der Waals surface area contributed by atoms with Gasteiger partial charge in [0.05, 0.1) is 42.5 Å². The number of rotatable bonds is 4. The Kier molecular flexibility index (Phi) is 4.56. The molecule has 6 rings (SSSR count). The van der Waals surface area contributed by atoms with Crippen LogP contribution in [0.4, 0.5) is 5.82 Å². The third-order valence-electron chi connectivity index (χ3n) is 6.92. The minimum absolute atomic E-state index is 0.192. The van der Waals surface area contributed by atoms with E-state index in [-0.39, 0.29) is 6.10 Å². The van der Waals surface area contributed by atoms with Gasteiger partial charge in [0.15, 0.2) is 0 Å². The van der Waals surface area contributed by atoms with E-state index in [9.17, 15) is 0 Å². The van der Waals surface area contributed by atoms with Gasteiger partial charge in [-0.2, -0.15) is 4.98 Å². The highest BCUT2D eigenvalue weighted by Crippen LogP contribution is 2.37. The summed E-state index contributed by atoms with van der Waals surface area (Å²) in [6.45, 7) is 1.57. The molecule has 0 amide bonds. The standard InChI is InChI=1S/C23H27N5O2/c1-2-20-21(25-9-1)12-22(28-17-3-4-18(28)14-29-13-17)26-23(20)30-19-7-5-16(6-8-19)27-11-10-24-15-27/h1-2,9-12,15-19H,3-8,13-14H2/t16-,17?,18?,19+. The first kappa shape index (κ1) is 18.1. The second kappa shape index (κ2) is 7.54. The highest BCUT2D eigenvalue weighted by atomic mass is 16.5. The van der Waals surface area contributed by atoms with Gasteiger partial charge < -0.3 is 18.9 Å². The van der Waals surface area contributed by atoms with E-state index in [1.165, 1.54) is 12.8 Å². The van der Waals surface area contributed by atoms with Gasteiger partial charge in [0.1, 0.15) is 11.9 Å². The average Bonchev–Trinajstić information content (AvgIpc) is 3.40. The van der Waals surface area contributed by atoms with E-state index < -0.39 is 0 Å². The van der Waals surface area contributed by atoms with Crippen LogP contribution in [0, 0.1) is 0 Å².